The molecule has 20 rings (SSSR count). The van der Waals surface area contributed by atoms with Crippen molar-refractivity contribution >= 4 is 143 Å². The van der Waals surface area contributed by atoms with Crippen LogP contribution in [0.15, 0.2) is 471 Å². The summed E-state index contributed by atoms with van der Waals surface area (Å²) in [6.07, 6.45) is 10.1. The number of fused-ring (bicyclic) bond motifs is 2. The van der Waals surface area contributed by atoms with Crippen LogP contribution in [-0.2, 0) is 20.4 Å². The van der Waals surface area contributed by atoms with Crippen LogP contribution in [0.3, 0.4) is 0 Å². The molecule has 0 aliphatic rings. The Morgan fingerprint density at radius 1 is 0.278 bits per heavy atom. The fourth-order valence-corrected chi connectivity index (χ4v) is 24.1. The quantitative estimate of drug-likeness (QED) is 0.0606. The van der Waals surface area contributed by atoms with Gasteiger partial charge in [0.05, 0.1) is 41.4 Å². The molecule has 17 heteroatoms. The van der Waals surface area contributed by atoms with Gasteiger partial charge in [-0.3, -0.25) is 0 Å². The fourth-order valence-electron chi connectivity index (χ4n) is 14.6. The number of hydrogen-bond acceptors (Lipinski definition) is 10. The van der Waals surface area contributed by atoms with Crippen molar-refractivity contribution in [3.05, 3.63) is 495 Å². The van der Waals surface area contributed by atoms with E-state index in [4.69, 9.17) is 29.9 Å². The van der Waals surface area contributed by atoms with Crippen molar-refractivity contribution in [2.75, 3.05) is 0 Å². The third kappa shape index (κ3) is 28.3. The minimum atomic E-state index is -0.446. The molecule has 6 heterocycles. The molecular weight excluding hydrogens is 1830 g/mol. The summed E-state index contributed by atoms with van der Waals surface area (Å²) in [7, 11) is -1.78. The summed E-state index contributed by atoms with van der Waals surface area (Å²) < 4.78 is 22.7. The predicted octanol–water partition coefficient (Wildman–Crippen LogP) is 26.8. The summed E-state index contributed by atoms with van der Waals surface area (Å²) in [4.78, 5) is 8.60. The second kappa shape index (κ2) is 52.6. The zero-order valence-corrected chi connectivity index (χ0v) is 81.3. The molecule has 0 atom stereocenters. The molecule has 0 spiro atoms. The van der Waals surface area contributed by atoms with Gasteiger partial charge >= 0.3 is 0 Å². The SMILES string of the molecule is C.C.Cc1cc(Oc2nccc3occc23)ccc1-c1c(C)cnnc1C.Cc1cc(Oc2nccc3occc23)ccc1-c1c(C)cnnc1Cl.[CH3][Al]([CH3])[CH3].[Pd].c1ccc(P(c2ccccc2)c2ccccc2)cc1.c1ccc(P(c2ccccc2)c2ccccc2)cc1.c1ccc(P(c2ccccc2)c2ccccc2)cc1.c1ccc(P(c2ccccc2)c2ccccc2)cc1. The molecule has 0 aliphatic carbocycles. The molecule has 0 radical (unpaired) electrons. The molecule has 14 aromatic carbocycles. The van der Waals surface area contributed by atoms with Crippen molar-refractivity contribution in [3.63, 3.8) is 0 Å². The number of rotatable bonds is 18. The number of aryl methyl sites for hydroxylation is 5. The van der Waals surface area contributed by atoms with Crippen LogP contribution in [-0.4, -0.2) is 44.5 Å². The molecule has 0 fully saturated rings. The Morgan fingerprint density at radius 3 is 0.729 bits per heavy atom. The largest absolute Gasteiger partial charge is 0.464 e. The van der Waals surface area contributed by atoms with Gasteiger partial charge in [0, 0.05) is 43.9 Å². The molecule has 10 nitrogen and oxygen atoms in total. The Kier molecular flexibility index (Phi) is 39.9. The number of nitrogens with zero attached hydrogens (tertiary/aromatic N) is 6. The molecule has 0 aliphatic heterocycles. The normalized spacial score (nSPS) is 10.4. The smallest absolute Gasteiger partial charge is 0.251 e. The van der Waals surface area contributed by atoms with E-state index in [9.17, 15) is 0 Å². The average Bonchev–Trinajstić information content (AvgIpc) is 1.60. The number of benzene rings is 14. The average molecular weight is 1940 g/mol. The van der Waals surface area contributed by atoms with Crippen molar-refractivity contribution < 1.29 is 38.7 Å². The first-order chi connectivity index (χ1) is 63.8. The van der Waals surface area contributed by atoms with Gasteiger partial charge in [-0.05, 0) is 212 Å². The van der Waals surface area contributed by atoms with Crippen molar-refractivity contribution in [2.45, 2.75) is 66.8 Å². The molecule has 0 amide bonds. The molecule has 0 N–H and O–H groups in total. The fraction of sp³-hybridized carbons (Fsp3) is 0.0862. The Morgan fingerprint density at radius 2 is 0.504 bits per heavy atom. The van der Waals surface area contributed by atoms with E-state index in [-0.39, 0.29) is 49.4 Å². The van der Waals surface area contributed by atoms with Crippen LogP contribution in [0.4, 0.5) is 0 Å². The molecule has 0 bridgehead atoms. The molecule has 0 unspecified atom stereocenters. The first kappa shape index (κ1) is 101. The standard InChI is InChI=1S/C20H17N3O2.C19H14ClN3O2.4C18H15P.2CH4.3CH3.Al.Pd/c1-12-10-15(25-20-17-7-9-24-18(17)6-8-21-20)4-5-16(12)19-13(2)11-22-23-14(19)3;1-11-9-13(25-19-15-6-8-24-16(15)5-7-21-19)3-4-14(11)17-12(2)10-22-23-18(17)20;4*1-4-10-16(11-5-1)19(17-12-6-2-7-13-17)18-14-8-3-9-15-18;;;;;;;/h4-11H,1-3H3;3-10H,1-2H3;4*1-15H;2*1H4;3*1H3;;. The van der Waals surface area contributed by atoms with Gasteiger partial charge in [0.2, 0.25) is 11.8 Å². The first-order valence-corrected chi connectivity index (χ1v) is 52.3. The predicted molar refractivity (Wildman–Crippen MR) is 569 cm³/mol. The summed E-state index contributed by atoms with van der Waals surface area (Å²) >= 11 is 6.09. The first-order valence-electron chi connectivity index (χ1n) is 43.1. The van der Waals surface area contributed by atoms with Crippen LogP contribution < -0.4 is 73.1 Å². The van der Waals surface area contributed by atoms with Crippen LogP contribution in [0.25, 0.3) is 44.2 Å². The third-order valence-electron chi connectivity index (χ3n) is 20.4. The number of halogens is 1. The Balaban J connectivity index is 0.000000152. The maximum Gasteiger partial charge on any atom is 0.251 e. The summed E-state index contributed by atoms with van der Waals surface area (Å²) in [6.45, 7) is 10.0. The van der Waals surface area contributed by atoms with Crippen molar-refractivity contribution in [3.8, 4) is 45.5 Å². The van der Waals surface area contributed by atoms with Crippen molar-refractivity contribution in [1.29, 1.82) is 0 Å². The van der Waals surface area contributed by atoms with E-state index < -0.39 is 31.7 Å². The number of ether oxygens (including phenoxy) is 2. The number of furan rings is 2. The van der Waals surface area contributed by atoms with Gasteiger partial charge in [-0.2, -0.15) is 15.3 Å². The van der Waals surface area contributed by atoms with Gasteiger partial charge < -0.3 is 18.3 Å². The molecule has 666 valence electrons. The maximum absolute atomic E-state index is 6.23. The summed E-state index contributed by atoms with van der Waals surface area (Å²) in [6, 6.07) is 148. The molecule has 0 saturated heterocycles. The van der Waals surface area contributed by atoms with E-state index in [0.717, 1.165) is 77.9 Å². The molecule has 6 aromatic heterocycles. The topological polar surface area (TPSA) is 122 Å². The van der Waals surface area contributed by atoms with Gasteiger partial charge in [-0.1, -0.05) is 403 Å². The van der Waals surface area contributed by atoms with Crippen molar-refractivity contribution in [2.24, 2.45) is 0 Å². The summed E-state index contributed by atoms with van der Waals surface area (Å²) in [5.74, 6) is 9.40. The van der Waals surface area contributed by atoms with E-state index in [1.807, 2.05) is 76.2 Å². The van der Waals surface area contributed by atoms with E-state index in [1.54, 1.807) is 43.4 Å². The zero-order valence-electron chi connectivity index (χ0n) is 74.3. The maximum atomic E-state index is 6.23. The Labute approximate surface area is 812 Å². The molecule has 133 heavy (non-hydrogen) atoms. The van der Waals surface area contributed by atoms with Crippen LogP contribution in [0, 0.1) is 34.6 Å². The van der Waals surface area contributed by atoms with Crippen LogP contribution in [0.1, 0.15) is 42.8 Å². The molecule has 20 aromatic rings. The van der Waals surface area contributed by atoms with Gasteiger partial charge in [-0.15, -0.1) is 22.5 Å². The number of pyridine rings is 2. The number of hydrogen-bond donors (Lipinski definition) is 0. The van der Waals surface area contributed by atoms with Gasteiger partial charge in [0.1, 0.15) is 22.7 Å². The zero-order chi connectivity index (χ0) is 90.0. The third-order valence-corrected chi connectivity index (χ3v) is 30.5. The molecule has 0 saturated carbocycles. The number of aromatic nitrogens is 6. The minimum Gasteiger partial charge on any atom is -0.464 e. The Bertz CT molecular complexity index is 5750. The second-order valence-electron chi connectivity index (χ2n) is 30.8. The van der Waals surface area contributed by atoms with E-state index >= 15 is 0 Å². The Hall–Kier alpha value is -12.6. The van der Waals surface area contributed by atoms with Crippen molar-refractivity contribution in [1.82, 2.24) is 30.4 Å². The van der Waals surface area contributed by atoms with Crippen LogP contribution in [0.5, 0.6) is 23.3 Å². The van der Waals surface area contributed by atoms with Gasteiger partial charge in [0.15, 0.2) is 5.15 Å². The van der Waals surface area contributed by atoms with Crippen LogP contribution in [0.2, 0.25) is 22.5 Å². The summed E-state index contributed by atoms with van der Waals surface area (Å²) in [5.41, 5.74) is 10.8. The minimum absolute atomic E-state index is 0. The summed E-state index contributed by atoms with van der Waals surface area (Å²) in [5, 5.41) is 34.8. The van der Waals surface area contributed by atoms with Crippen LogP contribution >= 0.6 is 43.3 Å². The second-order valence-corrected chi connectivity index (χ2v) is 43.5. The van der Waals surface area contributed by atoms with E-state index in [1.165, 1.54) is 63.7 Å². The van der Waals surface area contributed by atoms with Gasteiger partial charge in [0.25, 0.3) is 14.1 Å². The monoisotopic (exact) mass is 1940 g/mol. The molecular formula is C116H108AlClN6O4P4Pd. The van der Waals surface area contributed by atoms with E-state index in [2.05, 4.69) is 425 Å². The van der Waals surface area contributed by atoms with E-state index in [0.29, 0.717) is 22.7 Å². The van der Waals surface area contributed by atoms with Gasteiger partial charge in [-0.25, -0.2) is 9.97 Å².